The minimum atomic E-state index is -1.61. The Bertz CT molecular complexity index is 633. The van der Waals surface area contributed by atoms with E-state index in [2.05, 4.69) is 5.32 Å². The lowest BCUT2D eigenvalue weighted by atomic mass is 10.1. The molecule has 0 saturated carbocycles. The lowest BCUT2D eigenvalue weighted by Gasteiger charge is -2.07. The Kier molecular flexibility index (Phi) is 4.59. The van der Waals surface area contributed by atoms with Gasteiger partial charge in [0.25, 0.3) is 5.91 Å². The summed E-state index contributed by atoms with van der Waals surface area (Å²) < 4.78 is 38.9. The van der Waals surface area contributed by atoms with Crippen LogP contribution in [-0.2, 0) is 13.2 Å². The van der Waals surface area contributed by atoms with Crippen LogP contribution in [-0.4, -0.2) is 11.0 Å². The molecule has 0 saturated heterocycles. The predicted molar refractivity (Wildman–Crippen MR) is 69.9 cm³/mol. The molecular formula is C15H12F3NO2. The lowest BCUT2D eigenvalue weighted by molar-refractivity contribution is 0.0949. The minimum absolute atomic E-state index is 0.0826. The van der Waals surface area contributed by atoms with Crippen LogP contribution in [0.3, 0.4) is 0 Å². The van der Waals surface area contributed by atoms with Gasteiger partial charge in [-0.05, 0) is 23.3 Å². The van der Waals surface area contributed by atoms with Gasteiger partial charge in [-0.2, -0.15) is 0 Å². The normalized spacial score (nSPS) is 10.5. The number of carbonyl (C=O) groups excluding carboxylic acids is 1. The second-order valence-electron chi connectivity index (χ2n) is 4.41. The van der Waals surface area contributed by atoms with Crippen LogP contribution in [0, 0.1) is 17.5 Å². The van der Waals surface area contributed by atoms with Crippen molar-refractivity contribution in [3.8, 4) is 0 Å². The van der Waals surface area contributed by atoms with Crippen molar-refractivity contribution < 1.29 is 23.1 Å². The third-order valence-electron chi connectivity index (χ3n) is 2.90. The fraction of sp³-hybridized carbons (Fsp3) is 0.133. The van der Waals surface area contributed by atoms with Crippen LogP contribution in [0.1, 0.15) is 21.5 Å². The standard InChI is InChI=1S/C15H12F3NO2/c16-12-5-11(6-13(17)14(12)18)15(21)19-7-9-1-3-10(8-20)4-2-9/h1-6,20H,7-8H2,(H,19,21). The van der Waals surface area contributed by atoms with E-state index in [9.17, 15) is 18.0 Å². The summed E-state index contributed by atoms with van der Waals surface area (Å²) in [5.74, 6) is -5.13. The number of hydrogen-bond acceptors (Lipinski definition) is 2. The molecule has 0 heterocycles. The summed E-state index contributed by atoms with van der Waals surface area (Å²) in [7, 11) is 0. The Labute approximate surface area is 119 Å². The first kappa shape index (κ1) is 15.1. The smallest absolute Gasteiger partial charge is 0.251 e. The van der Waals surface area contributed by atoms with Gasteiger partial charge in [-0.3, -0.25) is 4.79 Å². The first-order valence-corrected chi connectivity index (χ1v) is 6.12. The molecule has 21 heavy (non-hydrogen) atoms. The number of benzene rings is 2. The van der Waals surface area contributed by atoms with Crippen molar-refractivity contribution in [1.29, 1.82) is 0 Å². The van der Waals surface area contributed by atoms with E-state index in [1.165, 1.54) is 0 Å². The quantitative estimate of drug-likeness (QED) is 0.852. The second-order valence-corrected chi connectivity index (χ2v) is 4.41. The van der Waals surface area contributed by atoms with Crippen molar-refractivity contribution in [2.45, 2.75) is 13.2 Å². The molecule has 2 rings (SSSR count). The highest BCUT2D eigenvalue weighted by Gasteiger charge is 2.14. The zero-order chi connectivity index (χ0) is 15.4. The van der Waals surface area contributed by atoms with Gasteiger partial charge in [0.1, 0.15) is 0 Å². The zero-order valence-electron chi connectivity index (χ0n) is 10.9. The van der Waals surface area contributed by atoms with E-state index in [4.69, 9.17) is 5.11 Å². The Morgan fingerprint density at radius 2 is 1.52 bits per heavy atom. The summed E-state index contributed by atoms with van der Waals surface area (Å²) in [5.41, 5.74) is 1.19. The fourth-order valence-corrected chi connectivity index (χ4v) is 1.73. The molecule has 0 aliphatic rings. The number of carbonyl (C=O) groups is 1. The van der Waals surface area contributed by atoms with Gasteiger partial charge in [-0.1, -0.05) is 24.3 Å². The molecule has 0 radical (unpaired) electrons. The van der Waals surface area contributed by atoms with Crippen LogP contribution >= 0.6 is 0 Å². The Hall–Kier alpha value is -2.34. The summed E-state index contributed by atoms with van der Waals surface area (Å²) in [6.07, 6.45) is 0. The molecule has 0 aromatic heterocycles. The van der Waals surface area contributed by atoms with E-state index < -0.39 is 23.4 Å². The van der Waals surface area contributed by atoms with Gasteiger partial charge in [0.15, 0.2) is 17.5 Å². The SMILES string of the molecule is O=C(NCc1ccc(CO)cc1)c1cc(F)c(F)c(F)c1. The Balaban J connectivity index is 2.04. The van der Waals surface area contributed by atoms with E-state index in [1.807, 2.05) is 0 Å². The van der Waals surface area contributed by atoms with Crippen molar-refractivity contribution in [2.24, 2.45) is 0 Å². The molecule has 0 bridgehead atoms. The molecule has 6 heteroatoms. The average Bonchev–Trinajstić information content (AvgIpc) is 2.50. The van der Waals surface area contributed by atoms with Gasteiger partial charge in [-0.15, -0.1) is 0 Å². The van der Waals surface area contributed by atoms with Crippen molar-refractivity contribution >= 4 is 5.91 Å². The highest BCUT2D eigenvalue weighted by molar-refractivity contribution is 5.94. The predicted octanol–water partition coefficient (Wildman–Crippen LogP) is 2.53. The number of rotatable bonds is 4. The molecule has 3 nitrogen and oxygen atoms in total. The molecule has 2 aromatic carbocycles. The lowest BCUT2D eigenvalue weighted by Crippen LogP contribution is -2.23. The Morgan fingerprint density at radius 3 is 2.05 bits per heavy atom. The maximum Gasteiger partial charge on any atom is 0.251 e. The molecule has 0 unspecified atom stereocenters. The molecule has 0 aliphatic heterocycles. The van der Waals surface area contributed by atoms with Gasteiger partial charge in [0, 0.05) is 12.1 Å². The van der Waals surface area contributed by atoms with Crippen molar-refractivity contribution in [3.63, 3.8) is 0 Å². The molecule has 1 amide bonds. The van der Waals surface area contributed by atoms with Crippen LogP contribution < -0.4 is 5.32 Å². The number of amides is 1. The fourth-order valence-electron chi connectivity index (χ4n) is 1.73. The Morgan fingerprint density at radius 1 is 1.00 bits per heavy atom. The van der Waals surface area contributed by atoms with Crippen LogP contribution in [0.2, 0.25) is 0 Å². The van der Waals surface area contributed by atoms with Crippen molar-refractivity contribution in [1.82, 2.24) is 5.32 Å². The largest absolute Gasteiger partial charge is 0.392 e. The van der Waals surface area contributed by atoms with Gasteiger partial charge >= 0.3 is 0 Å². The monoisotopic (exact) mass is 295 g/mol. The van der Waals surface area contributed by atoms with Crippen LogP contribution in [0.5, 0.6) is 0 Å². The molecule has 110 valence electrons. The van der Waals surface area contributed by atoms with Crippen LogP contribution in [0.4, 0.5) is 13.2 Å². The maximum absolute atomic E-state index is 13.0. The van der Waals surface area contributed by atoms with Crippen molar-refractivity contribution in [3.05, 3.63) is 70.5 Å². The number of aliphatic hydroxyl groups is 1. The maximum atomic E-state index is 13.0. The molecule has 2 aromatic rings. The summed E-state index contributed by atoms with van der Waals surface area (Å²) >= 11 is 0. The highest BCUT2D eigenvalue weighted by atomic mass is 19.2. The minimum Gasteiger partial charge on any atom is -0.392 e. The zero-order valence-corrected chi connectivity index (χ0v) is 10.9. The van der Waals surface area contributed by atoms with E-state index >= 15 is 0 Å². The molecule has 0 fully saturated rings. The highest BCUT2D eigenvalue weighted by Crippen LogP contribution is 2.13. The molecule has 2 N–H and O–H groups in total. The third kappa shape index (κ3) is 3.61. The average molecular weight is 295 g/mol. The van der Waals surface area contributed by atoms with E-state index in [-0.39, 0.29) is 18.7 Å². The molecule has 0 spiro atoms. The van der Waals surface area contributed by atoms with Gasteiger partial charge in [0.05, 0.1) is 6.61 Å². The number of nitrogens with one attached hydrogen (secondary N) is 1. The van der Waals surface area contributed by atoms with Gasteiger partial charge in [-0.25, -0.2) is 13.2 Å². The molecule has 0 atom stereocenters. The van der Waals surface area contributed by atoms with E-state index in [0.29, 0.717) is 12.1 Å². The number of aliphatic hydroxyl groups excluding tert-OH is 1. The van der Waals surface area contributed by atoms with Crippen molar-refractivity contribution in [2.75, 3.05) is 0 Å². The van der Waals surface area contributed by atoms with Crippen LogP contribution in [0.25, 0.3) is 0 Å². The van der Waals surface area contributed by atoms with E-state index in [1.54, 1.807) is 24.3 Å². The number of hydrogen-bond donors (Lipinski definition) is 2. The van der Waals surface area contributed by atoms with E-state index in [0.717, 1.165) is 11.1 Å². The number of halogens is 3. The molecular weight excluding hydrogens is 283 g/mol. The van der Waals surface area contributed by atoms with Crippen LogP contribution in [0.15, 0.2) is 36.4 Å². The van der Waals surface area contributed by atoms with Gasteiger partial charge < -0.3 is 10.4 Å². The topological polar surface area (TPSA) is 49.3 Å². The third-order valence-corrected chi connectivity index (χ3v) is 2.90. The summed E-state index contributed by atoms with van der Waals surface area (Å²) in [4.78, 5) is 11.7. The summed E-state index contributed by atoms with van der Waals surface area (Å²) in [6.45, 7) is 0.0614. The first-order valence-electron chi connectivity index (χ1n) is 6.12. The first-order chi connectivity index (χ1) is 10.0. The van der Waals surface area contributed by atoms with Gasteiger partial charge in [0.2, 0.25) is 0 Å². The summed E-state index contributed by atoms with van der Waals surface area (Å²) in [5, 5.41) is 11.4. The second kappa shape index (κ2) is 6.41. The molecule has 0 aliphatic carbocycles. The summed E-state index contributed by atoms with van der Waals surface area (Å²) in [6, 6.07) is 8.08.